The largest absolute Gasteiger partial charge is 0.497 e. The van der Waals surface area contributed by atoms with E-state index in [0.717, 1.165) is 6.42 Å². The molecule has 0 unspecified atom stereocenters. The second kappa shape index (κ2) is 2.67. The van der Waals surface area contributed by atoms with Crippen molar-refractivity contribution in [3.8, 4) is 0 Å². The van der Waals surface area contributed by atoms with Crippen molar-refractivity contribution in [3.63, 3.8) is 0 Å². The summed E-state index contributed by atoms with van der Waals surface area (Å²) >= 11 is 0. The van der Waals surface area contributed by atoms with Crippen LogP contribution >= 0.6 is 0 Å². The van der Waals surface area contributed by atoms with Crippen molar-refractivity contribution in [2.75, 3.05) is 0 Å². The predicted molar refractivity (Wildman–Crippen MR) is 33.9 cm³/mol. The van der Waals surface area contributed by atoms with Crippen LogP contribution < -0.4 is 0 Å². The average molecular weight is 126 g/mol. The van der Waals surface area contributed by atoms with Crippen molar-refractivity contribution in [1.29, 1.82) is 0 Å². The van der Waals surface area contributed by atoms with E-state index in [0.29, 0.717) is 6.42 Å². The van der Waals surface area contributed by atoms with Gasteiger partial charge in [-0.15, -0.1) is 0 Å². The smallest absolute Gasteiger partial charge is 0.162 e. The van der Waals surface area contributed by atoms with E-state index in [1.54, 1.807) is 0 Å². The summed E-state index contributed by atoms with van der Waals surface area (Å²) in [7, 11) is 0. The molecule has 0 N–H and O–H groups in total. The molecule has 0 saturated heterocycles. The minimum absolute atomic E-state index is 0.127. The van der Waals surface area contributed by atoms with Gasteiger partial charge in [-0.2, -0.15) is 0 Å². The molecule has 1 rings (SSSR count). The predicted octanol–water partition coefficient (Wildman–Crippen LogP) is 1.27. The molecule has 1 atom stereocenters. The van der Waals surface area contributed by atoms with Crippen LogP contribution in [0.3, 0.4) is 0 Å². The van der Waals surface area contributed by atoms with Crippen LogP contribution in [0.4, 0.5) is 0 Å². The number of rotatable bonds is 1. The van der Waals surface area contributed by atoms with E-state index < -0.39 is 0 Å². The fourth-order valence-corrected chi connectivity index (χ4v) is 0.807. The van der Waals surface area contributed by atoms with Crippen LogP contribution in [0.2, 0.25) is 0 Å². The van der Waals surface area contributed by atoms with E-state index >= 15 is 0 Å². The Balaban J connectivity index is 2.47. The van der Waals surface area contributed by atoms with Gasteiger partial charge < -0.3 is 4.74 Å². The summed E-state index contributed by atoms with van der Waals surface area (Å²) in [6, 6.07) is 0. The number of ether oxygens (including phenoxy) is 1. The lowest BCUT2D eigenvalue weighted by molar-refractivity contribution is -0.118. The van der Waals surface area contributed by atoms with E-state index in [2.05, 4.69) is 0 Å². The minimum Gasteiger partial charge on any atom is -0.497 e. The third-order valence-electron chi connectivity index (χ3n) is 1.41. The molecule has 0 bridgehead atoms. The number of hydrogen-bond acceptors (Lipinski definition) is 2. The summed E-state index contributed by atoms with van der Waals surface area (Å²) in [6.07, 6.45) is 4.55. The summed E-state index contributed by atoms with van der Waals surface area (Å²) in [5, 5.41) is 0. The maximum atomic E-state index is 10.7. The van der Waals surface area contributed by atoms with Gasteiger partial charge in [-0.05, 0) is 6.42 Å². The maximum absolute atomic E-state index is 10.7. The summed E-state index contributed by atoms with van der Waals surface area (Å²) in [5.74, 6) is 0.174. The summed E-state index contributed by atoms with van der Waals surface area (Å²) in [5.41, 5.74) is 0. The zero-order valence-electron chi connectivity index (χ0n) is 5.46. The Bertz CT molecular complexity index is 138. The first-order chi connectivity index (χ1) is 4.33. The molecule has 9 heavy (non-hydrogen) atoms. The van der Waals surface area contributed by atoms with Crippen molar-refractivity contribution >= 4 is 5.78 Å². The van der Waals surface area contributed by atoms with Crippen LogP contribution in [0.25, 0.3) is 0 Å². The molecule has 1 aliphatic heterocycles. The Hall–Kier alpha value is -0.790. The van der Waals surface area contributed by atoms with E-state index in [4.69, 9.17) is 4.74 Å². The maximum Gasteiger partial charge on any atom is 0.162 e. The topological polar surface area (TPSA) is 26.3 Å². The zero-order chi connectivity index (χ0) is 6.69. The quantitative estimate of drug-likeness (QED) is 0.528. The molecule has 0 aromatic heterocycles. The highest BCUT2D eigenvalue weighted by Gasteiger charge is 2.13. The van der Waals surface area contributed by atoms with Crippen molar-refractivity contribution < 1.29 is 9.53 Å². The van der Waals surface area contributed by atoms with Gasteiger partial charge in [0.1, 0.15) is 6.10 Å². The minimum atomic E-state index is 0.127. The standard InChI is InChI=1S/C7H10O2/c1-2-7-5-6(8)3-4-9-7/h3-4,7H,2,5H2,1H3/t7-/m1/s1. The number of ketones is 1. The Kier molecular flexibility index (Phi) is 1.88. The highest BCUT2D eigenvalue weighted by molar-refractivity contribution is 5.90. The lowest BCUT2D eigenvalue weighted by atomic mass is 10.1. The molecule has 0 fully saturated rings. The second-order valence-corrected chi connectivity index (χ2v) is 2.14. The van der Waals surface area contributed by atoms with Gasteiger partial charge in [0.2, 0.25) is 0 Å². The highest BCUT2D eigenvalue weighted by atomic mass is 16.5. The fraction of sp³-hybridized carbons (Fsp3) is 0.571. The Morgan fingerprint density at radius 2 is 2.67 bits per heavy atom. The van der Waals surface area contributed by atoms with Gasteiger partial charge in [-0.1, -0.05) is 6.92 Å². The van der Waals surface area contributed by atoms with Gasteiger partial charge in [0.25, 0.3) is 0 Å². The van der Waals surface area contributed by atoms with Crippen molar-refractivity contribution in [3.05, 3.63) is 12.3 Å². The molecule has 0 aromatic rings. The molecule has 0 aliphatic carbocycles. The Morgan fingerprint density at radius 3 is 3.11 bits per heavy atom. The molecule has 1 heterocycles. The van der Waals surface area contributed by atoms with Crippen LogP contribution in [0.5, 0.6) is 0 Å². The van der Waals surface area contributed by atoms with E-state index in [9.17, 15) is 4.79 Å². The van der Waals surface area contributed by atoms with Gasteiger partial charge in [0.05, 0.1) is 6.26 Å². The monoisotopic (exact) mass is 126 g/mol. The molecule has 0 amide bonds. The van der Waals surface area contributed by atoms with Gasteiger partial charge >= 0.3 is 0 Å². The first-order valence-corrected chi connectivity index (χ1v) is 3.17. The molecule has 0 radical (unpaired) electrons. The van der Waals surface area contributed by atoms with Gasteiger partial charge in [0, 0.05) is 12.5 Å². The summed E-state index contributed by atoms with van der Waals surface area (Å²) < 4.78 is 5.10. The van der Waals surface area contributed by atoms with E-state index in [1.807, 2.05) is 6.92 Å². The number of allylic oxidation sites excluding steroid dienone is 1. The summed E-state index contributed by atoms with van der Waals surface area (Å²) in [6.45, 7) is 2.01. The zero-order valence-corrected chi connectivity index (χ0v) is 5.46. The first kappa shape index (κ1) is 6.33. The lowest BCUT2D eigenvalue weighted by Gasteiger charge is -2.15. The molecule has 50 valence electrons. The first-order valence-electron chi connectivity index (χ1n) is 3.17. The molecule has 0 aromatic carbocycles. The molecule has 1 aliphatic rings. The van der Waals surface area contributed by atoms with Crippen LogP contribution in [-0.4, -0.2) is 11.9 Å². The van der Waals surface area contributed by atoms with Crippen LogP contribution in [0, 0.1) is 0 Å². The summed E-state index contributed by atoms with van der Waals surface area (Å²) in [4.78, 5) is 10.7. The SMILES string of the molecule is CC[C@@H]1CC(=O)C=CO1. The Labute approximate surface area is 54.5 Å². The van der Waals surface area contributed by atoms with Crippen LogP contribution in [0.1, 0.15) is 19.8 Å². The number of hydrogen-bond donors (Lipinski definition) is 0. The molecular weight excluding hydrogens is 116 g/mol. The normalized spacial score (nSPS) is 25.9. The van der Waals surface area contributed by atoms with E-state index in [1.165, 1.54) is 12.3 Å². The van der Waals surface area contributed by atoms with Crippen molar-refractivity contribution in [2.24, 2.45) is 0 Å². The third kappa shape index (κ3) is 1.56. The van der Waals surface area contributed by atoms with Crippen LogP contribution in [0.15, 0.2) is 12.3 Å². The molecule has 0 spiro atoms. The van der Waals surface area contributed by atoms with Gasteiger partial charge in [-0.3, -0.25) is 4.79 Å². The number of carbonyl (C=O) groups excluding carboxylic acids is 1. The molecule has 2 heteroatoms. The third-order valence-corrected chi connectivity index (χ3v) is 1.41. The highest BCUT2D eigenvalue weighted by Crippen LogP contribution is 2.09. The molecular formula is C7H10O2. The molecule has 0 saturated carbocycles. The van der Waals surface area contributed by atoms with Gasteiger partial charge in [-0.25, -0.2) is 0 Å². The average Bonchev–Trinajstić information content (AvgIpc) is 1.88. The van der Waals surface area contributed by atoms with Crippen LogP contribution in [-0.2, 0) is 9.53 Å². The second-order valence-electron chi connectivity index (χ2n) is 2.14. The Morgan fingerprint density at radius 1 is 1.89 bits per heavy atom. The lowest BCUT2D eigenvalue weighted by Crippen LogP contribution is -2.16. The number of carbonyl (C=O) groups is 1. The van der Waals surface area contributed by atoms with Gasteiger partial charge in [0.15, 0.2) is 5.78 Å². The van der Waals surface area contributed by atoms with Crippen molar-refractivity contribution in [1.82, 2.24) is 0 Å². The van der Waals surface area contributed by atoms with Crippen molar-refractivity contribution in [2.45, 2.75) is 25.9 Å². The fourth-order valence-electron chi connectivity index (χ4n) is 0.807. The molecule has 2 nitrogen and oxygen atoms in total. The van der Waals surface area contributed by atoms with E-state index in [-0.39, 0.29) is 11.9 Å².